The predicted octanol–water partition coefficient (Wildman–Crippen LogP) is 0.226. The van der Waals surface area contributed by atoms with Gasteiger partial charge in [0.2, 0.25) is 0 Å². The Bertz CT molecular complexity index is 295. The number of nitrogens with zero attached hydrogens (tertiary/aromatic N) is 2. The molecule has 1 fully saturated rings. The first-order valence-corrected chi connectivity index (χ1v) is 5.27. The predicted molar refractivity (Wildman–Crippen MR) is 55.4 cm³/mol. The van der Waals surface area contributed by atoms with Gasteiger partial charge in [-0.25, -0.2) is 0 Å². The Kier molecular flexibility index (Phi) is 3.71. The van der Waals surface area contributed by atoms with E-state index in [0.29, 0.717) is 0 Å². The van der Waals surface area contributed by atoms with Gasteiger partial charge in [-0.15, -0.1) is 0 Å². The molecule has 1 aromatic rings. The second-order valence-electron chi connectivity index (χ2n) is 3.70. The van der Waals surface area contributed by atoms with Gasteiger partial charge in [0.1, 0.15) is 0 Å². The lowest BCUT2D eigenvalue weighted by Crippen LogP contribution is -2.35. The zero-order valence-corrected chi connectivity index (χ0v) is 9.03. The molecule has 0 spiro atoms. The molecule has 1 aliphatic heterocycles. The molecule has 1 aromatic heterocycles. The zero-order valence-electron chi connectivity index (χ0n) is 9.03. The highest BCUT2D eigenvalue weighted by Crippen LogP contribution is 2.08. The Hall–Kier alpha value is -0.910. The van der Waals surface area contributed by atoms with Crippen LogP contribution in [0, 0.1) is 0 Å². The summed E-state index contributed by atoms with van der Waals surface area (Å²) < 4.78 is 10.5. The maximum absolute atomic E-state index is 5.28. The summed E-state index contributed by atoms with van der Waals surface area (Å²) in [4.78, 5) is 2.31. The van der Waals surface area contributed by atoms with E-state index in [-0.39, 0.29) is 0 Å². The summed E-state index contributed by atoms with van der Waals surface area (Å²) >= 11 is 0. The van der Waals surface area contributed by atoms with Crippen molar-refractivity contribution in [2.75, 3.05) is 33.4 Å². The van der Waals surface area contributed by atoms with E-state index in [0.717, 1.165) is 50.8 Å². The van der Waals surface area contributed by atoms with Gasteiger partial charge in [-0.1, -0.05) is 5.16 Å². The minimum absolute atomic E-state index is 0.757. The van der Waals surface area contributed by atoms with Gasteiger partial charge < -0.3 is 14.6 Å². The van der Waals surface area contributed by atoms with Gasteiger partial charge in [-0.2, -0.15) is 0 Å². The summed E-state index contributed by atoms with van der Waals surface area (Å²) in [5, 5.41) is 7.02. The normalized spacial score (nSPS) is 18.2. The van der Waals surface area contributed by atoms with Gasteiger partial charge >= 0.3 is 0 Å². The number of hydrogen-bond donors (Lipinski definition) is 1. The molecule has 0 amide bonds. The van der Waals surface area contributed by atoms with Crippen LogP contribution in [0.5, 0.6) is 0 Å². The number of aromatic nitrogens is 1. The Morgan fingerprint density at radius 1 is 1.47 bits per heavy atom. The van der Waals surface area contributed by atoms with Crippen LogP contribution in [-0.2, 0) is 17.8 Å². The van der Waals surface area contributed by atoms with Gasteiger partial charge in [0.05, 0.1) is 25.5 Å². The first kappa shape index (κ1) is 10.6. The van der Waals surface area contributed by atoms with Crippen molar-refractivity contribution in [2.45, 2.75) is 13.1 Å². The highest BCUT2D eigenvalue weighted by Gasteiger charge is 2.13. The Labute approximate surface area is 89.4 Å². The van der Waals surface area contributed by atoms with E-state index >= 15 is 0 Å². The smallest absolute Gasteiger partial charge is 0.151 e. The lowest BCUT2D eigenvalue weighted by molar-refractivity contribution is 0.0305. The number of ether oxygens (including phenoxy) is 1. The molecular weight excluding hydrogens is 194 g/mol. The van der Waals surface area contributed by atoms with E-state index in [1.165, 1.54) is 0 Å². The van der Waals surface area contributed by atoms with Crippen molar-refractivity contribution < 1.29 is 9.26 Å². The molecule has 0 unspecified atom stereocenters. The van der Waals surface area contributed by atoms with Crippen LogP contribution >= 0.6 is 0 Å². The largest absolute Gasteiger partial charge is 0.379 e. The molecule has 1 saturated heterocycles. The van der Waals surface area contributed by atoms with Gasteiger partial charge in [0.25, 0.3) is 0 Å². The standard InChI is InChI=1S/C10H17N3O2/c1-11-7-9-6-10(15-12-9)8-13-2-4-14-5-3-13/h6,11H,2-5,7-8H2,1H3. The van der Waals surface area contributed by atoms with E-state index in [9.17, 15) is 0 Å². The van der Waals surface area contributed by atoms with Crippen LogP contribution in [0.25, 0.3) is 0 Å². The molecule has 5 heteroatoms. The quantitative estimate of drug-likeness (QED) is 0.772. The first-order valence-electron chi connectivity index (χ1n) is 5.27. The molecule has 84 valence electrons. The minimum Gasteiger partial charge on any atom is -0.379 e. The van der Waals surface area contributed by atoms with Crippen LogP contribution in [0.4, 0.5) is 0 Å². The minimum atomic E-state index is 0.757. The topological polar surface area (TPSA) is 50.5 Å². The molecule has 1 N–H and O–H groups in total. The molecule has 0 aliphatic carbocycles. The van der Waals surface area contributed by atoms with Gasteiger partial charge in [-0.3, -0.25) is 4.90 Å². The SMILES string of the molecule is CNCc1cc(CN2CCOCC2)on1. The van der Waals surface area contributed by atoms with Gasteiger partial charge in [0, 0.05) is 25.7 Å². The number of rotatable bonds is 4. The number of hydrogen-bond acceptors (Lipinski definition) is 5. The molecule has 0 aromatic carbocycles. The van der Waals surface area contributed by atoms with Gasteiger partial charge in [0.15, 0.2) is 5.76 Å². The maximum atomic E-state index is 5.28. The lowest BCUT2D eigenvalue weighted by Gasteiger charge is -2.25. The molecule has 0 atom stereocenters. The van der Waals surface area contributed by atoms with E-state index in [1.54, 1.807) is 0 Å². The first-order chi connectivity index (χ1) is 7.38. The van der Waals surface area contributed by atoms with Crippen molar-refractivity contribution in [3.63, 3.8) is 0 Å². The van der Waals surface area contributed by atoms with Gasteiger partial charge in [-0.05, 0) is 7.05 Å². The maximum Gasteiger partial charge on any atom is 0.151 e. The second-order valence-corrected chi connectivity index (χ2v) is 3.70. The Balaban J connectivity index is 1.86. The molecule has 2 heterocycles. The van der Waals surface area contributed by atoms with Crippen LogP contribution in [0.2, 0.25) is 0 Å². The third-order valence-electron chi connectivity index (χ3n) is 2.45. The summed E-state index contributed by atoms with van der Waals surface area (Å²) in [6, 6.07) is 2.01. The molecule has 1 aliphatic rings. The summed E-state index contributed by atoms with van der Waals surface area (Å²) in [6.07, 6.45) is 0. The van der Waals surface area contributed by atoms with Crippen LogP contribution < -0.4 is 5.32 Å². The van der Waals surface area contributed by atoms with Crippen LogP contribution in [0.3, 0.4) is 0 Å². The number of morpholine rings is 1. The van der Waals surface area contributed by atoms with Crippen LogP contribution in [-0.4, -0.2) is 43.4 Å². The highest BCUT2D eigenvalue weighted by atomic mass is 16.5. The average molecular weight is 211 g/mol. The molecule has 0 bridgehead atoms. The van der Waals surface area contributed by atoms with Crippen LogP contribution in [0.15, 0.2) is 10.6 Å². The fourth-order valence-corrected chi connectivity index (χ4v) is 1.67. The fraction of sp³-hybridized carbons (Fsp3) is 0.700. The van der Waals surface area contributed by atoms with E-state index in [1.807, 2.05) is 13.1 Å². The molecule has 0 radical (unpaired) electrons. The average Bonchev–Trinajstić information content (AvgIpc) is 2.68. The summed E-state index contributed by atoms with van der Waals surface area (Å²) in [6.45, 7) is 5.17. The Morgan fingerprint density at radius 2 is 2.27 bits per heavy atom. The second kappa shape index (κ2) is 5.25. The summed E-state index contributed by atoms with van der Waals surface area (Å²) in [5.74, 6) is 0.933. The van der Waals surface area contributed by atoms with E-state index < -0.39 is 0 Å². The zero-order chi connectivity index (χ0) is 10.5. The highest BCUT2D eigenvalue weighted by molar-refractivity contribution is 5.05. The monoisotopic (exact) mass is 211 g/mol. The Morgan fingerprint density at radius 3 is 3.00 bits per heavy atom. The molecule has 15 heavy (non-hydrogen) atoms. The van der Waals surface area contributed by atoms with E-state index in [2.05, 4.69) is 15.4 Å². The fourth-order valence-electron chi connectivity index (χ4n) is 1.67. The lowest BCUT2D eigenvalue weighted by atomic mass is 10.3. The van der Waals surface area contributed by atoms with E-state index in [4.69, 9.17) is 9.26 Å². The van der Waals surface area contributed by atoms with Crippen LogP contribution in [0.1, 0.15) is 11.5 Å². The van der Waals surface area contributed by atoms with Crippen molar-refractivity contribution >= 4 is 0 Å². The summed E-state index contributed by atoms with van der Waals surface area (Å²) in [7, 11) is 1.90. The number of nitrogens with one attached hydrogen (secondary N) is 1. The molecule has 2 rings (SSSR count). The third kappa shape index (κ3) is 3.02. The molecule has 0 saturated carbocycles. The third-order valence-corrected chi connectivity index (χ3v) is 2.45. The van der Waals surface area contributed by atoms with Crippen molar-refractivity contribution in [3.05, 3.63) is 17.5 Å². The van der Waals surface area contributed by atoms with Crippen molar-refractivity contribution in [3.8, 4) is 0 Å². The molecule has 5 nitrogen and oxygen atoms in total. The molecular formula is C10H17N3O2. The van der Waals surface area contributed by atoms with Crippen molar-refractivity contribution in [2.24, 2.45) is 0 Å². The van der Waals surface area contributed by atoms with Crippen molar-refractivity contribution in [1.29, 1.82) is 0 Å². The van der Waals surface area contributed by atoms with Crippen molar-refractivity contribution in [1.82, 2.24) is 15.4 Å². The summed E-state index contributed by atoms with van der Waals surface area (Å²) in [5.41, 5.74) is 0.959.